The van der Waals surface area contributed by atoms with Gasteiger partial charge in [-0.25, -0.2) is 0 Å². The minimum Gasteiger partial charge on any atom is -0.466 e. The summed E-state index contributed by atoms with van der Waals surface area (Å²) in [4.78, 5) is 24.6. The van der Waals surface area contributed by atoms with Gasteiger partial charge in [0.15, 0.2) is 0 Å². The predicted octanol–water partition coefficient (Wildman–Crippen LogP) is 22.7. The van der Waals surface area contributed by atoms with Gasteiger partial charge in [0, 0.05) is 12.8 Å². The Hall–Kier alpha value is -1.92. The quantitative estimate of drug-likeness (QED) is 0.0320. The van der Waals surface area contributed by atoms with Gasteiger partial charge in [0.05, 0.1) is 25.4 Å². The van der Waals surface area contributed by atoms with E-state index >= 15 is 0 Å². The molecule has 0 saturated heterocycles. The number of amides is 1. The largest absolute Gasteiger partial charge is 0.466 e. The van der Waals surface area contributed by atoms with Gasteiger partial charge in [-0.15, -0.1) is 0 Å². The van der Waals surface area contributed by atoms with E-state index in [1.54, 1.807) is 6.08 Å². The van der Waals surface area contributed by atoms with Crippen molar-refractivity contribution in [2.45, 2.75) is 398 Å². The van der Waals surface area contributed by atoms with Gasteiger partial charge in [0.1, 0.15) is 0 Å². The van der Waals surface area contributed by atoms with Gasteiger partial charge in [-0.2, -0.15) is 0 Å². The highest BCUT2D eigenvalue weighted by Gasteiger charge is 2.18. The topological polar surface area (TPSA) is 95.9 Å². The number of rotatable bonds is 66. The summed E-state index contributed by atoms with van der Waals surface area (Å²) in [5.41, 5.74) is 0. The summed E-state index contributed by atoms with van der Waals surface area (Å²) in [5.74, 6) is -0.0557. The third-order valence-corrected chi connectivity index (χ3v) is 16.4. The van der Waals surface area contributed by atoms with E-state index in [0.717, 1.165) is 51.4 Å². The predicted molar refractivity (Wildman–Crippen MR) is 343 cm³/mol. The molecule has 1 amide bonds. The molecule has 0 rings (SSSR count). The Morgan fingerprint density at radius 2 is 0.641 bits per heavy atom. The van der Waals surface area contributed by atoms with Crippen molar-refractivity contribution in [3.8, 4) is 0 Å². The van der Waals surface area contributed by atoms with Crippen molar-refractivity contribution >= 4 is 11.9 Å². The molecule has 6 nitrogen and oxygen atoms in total. The van der Waals surface area contributed by atoms with Crippen LogP contribution in [0.2, 0.25) is 0 Å². The highest BCUT2D eigenvalue weighted by molar-refractivity contribution is 5.76. The summed E-state index contributed by atoms with van der Waals surface area (Å²) in [6, 6.07) is -0.628. The third kappa shape index (κ3) is 63.3. The molecule has 3 N–H and O–H groups in total. The van der Waals surface area contributed by atoms with Crippen molar-refractivity contribution in [3.05, 3.63) is 36.5 Å². The monoisotopic (exact) mass is 1100 g/mol. The lowest BCUT2D eigenvalue weighted by Gasteiger charge is -2.20. The van der Waals surface area contributed by atoms with E-state index in [2.05, 4.69) is 43.5 Å². The molecule has 0 bridgehead atoms. The Labute approximate surface area is 487 Å². The molecule has 0 fully saturated rings. The van der Waals surface area contributed by atoms with Crippen LogP contribution in [-0.4, -0.2) is 47.4 Å². The molecule has 460 valence electrons. The van der Waals surface area contributed by atoms with Crippen LogP contribution in [0.25, 0.3) is 0 Å². The fraction of sp³-hybridized carbons (Fsp3) is 0.889. The van der Waals surface area contributed by atoms with E-state index < -0.39 is 12.1 Å². The lowest BCUT2D eigenvalue weighted by Crippen LogP contribution is -2.45. The van der Waals surface area contributed by atoms with Gasteiger partial charge in [-0.05, 0) is 64.2 Å². The van der Waals surface area contributed by atoms with Crippen LogP contribution in [0.3, 0.4) is 0 Å². The number of unbranched alkanes of at least 4 members (excludes halogenated alkanes) is 51. The highest BCUT2D eigenvalue weighted by atomic mass is 16.5. The lowest BCUT2D eigenvalue weighted by molar-refractivity contribution is -0.143. The second-order valence-electron chi connectivity index (χ2n) is 24.2. The average molecular weight is 1100 g/mol. The van der Waals surface area contributed by atoms with Crippen LogP contribution in [0, 0.1) is 0 Å². The number of carbonyl (C=O) groups excluding carboxylic acids is 2. The lowest BCUT2D eigenvalue weighted by atomic mass is 10.0. The molecule has 0 heterocycles. The Balaban J connectivity index is 3.39. The number of hydrogen-bond donors (Lipinski definition) is 3. The van der Waals surface area contributed by atoms with Crippen LogP contribution >= 0.6 is 0 Å². The zero-order chi connectivity index (χ0) is 56.4. The summed E-state index contributed by atoms with van der Waals surface area (Å²) in [7, 11) is 0. The molecule has 0 aromatic rings. The van der Waals surface area contributed by atoms with Crippen LogP contribution in [0.15, 0.2) is 36.5 Å². The molecule has 0 aliphatic rings. The minimum atomic E-state index is -0.845. The van der Waals surface area contributed by atoms with E-state index in [0.29, 0.717) is 19.4 Å². The van der Waals surface area contributed by atoms with Gasteiger partial charge in [0.25, 0.3) is 0 Å². The van der Waals surface area contributed by atoms with Crippen molar-refractivity contribution < 1.29 is 24.5 Å². The van der Waals surface area contributed by atoms with Crippen LogP contribution < -0.4 is 5.32 Å². The summed E-state index contributed by atoms with van der Waals surface area (Å²) in [6.07, 6.45) is 86.4. The number of carbonyl (C=O) groups is 2. The zero-order valence-electron chi connectivity index (χ0n) is 52.7. The van der Waals surface area contributed by atoms with Gasteiger partial charge < -0.3 is 20.3 Å². The molecule has 0 saturated carbocycles. The molecule has 0 aromatic heterocycles. The Morgan fingerprint density at radius 3 is 1.00 bits per heavy atom. The SMILES string of the molecule is CCCCC/C=C\C/C=C\CCCCCCCCCC(=O)OCCCCCCCCCCCCCCCCCCCCCCCCCCC(=O)NC(CO)C(O)/C=C/CCCCCCCCCCCCCCCCCCCC. The maximum absolute atomic E-state index is 12.5. The number of esters is 1. The normalized spacial score (nSPS) is 12.7. The molecular formula is C72H137NO5. The first-order valence-corrected chi connectivity index (χ1v) is 35.3. The number of nitrogens with one attached hydrogen (secondary N) is 1. The molecule has 2 unspecified atom stereocenters. The second-order valence-corrected chi connectivity index (χ2v) is 24.2. The van der Waals surface area contributed by atoms with Crippen molar-refractivity contribution in [2.75, 3.05) is 13.2 Å². The number of aliphatic hydroxyl groups is 2. The van der Waals surface area contributed by atoms with E-state index in [-0.39, 0.29) is 18.5 Å². The zero-order valence-corrected chi connectivity index (χ0v) is 52.7. The maximum atomic E-state index is 12.5. The van der Waals surface area contributed by atoms with Crippen LogP contribution in [-0.2, 0) is 14.3 Å². The third-order valence-electron chi connectivity index (χ3n) is 16.4. The minimum absolute atomic E-state index is 0.00774. The molecule has 0 aliphatic heterocycles. The first kappa shape index (κ1) is 76.1. The maximum Gasteiger partial charge on any atom is 0.305 e. The first-order valence-electron chi connectivity index (χ1n) is 35.3. The van der Waals surface area contributed by atoms with Gasteiger partial charge in [-0.1, -0.05) is 346 Å². The average Bonchev–Trinajstić information content (AvgIpc) is 3.44. The van der Waals surface area contributed by atoms with E-state index in [4.69, 9.17) is 4.74 Å². The van der Waals surface area contributed by atoms with Gasteiger partial charge >= 0.3 is 5.97 Å². The summed E-state index contributed by atoms with van der Waals surface area (Å²) < 4.78 is 5.50. The number of hydrogen-bond acceptors (Lipinski definition) is 5. The van der Waals surface area contributed by atoms with Gasteiger partial charge in [0.2, 0.25) is 5.91 Å². The number of ether oxygens (including phenoxy) is 1. The standard InChI is InChI=1S/C72H137NO5/c1-3-5-7-9-11-13-15-17-19-21-22-29-33-36-40-44-48-52-56-60-64-70(75)69(68-74)73-71(76)65-61-57-53-49-45-41-37-34-30-27-25-23-24-26-28-31-35-39-43-47-51-55-59-63-67-78-72(77)66-62-58-54-50-46-42-38-32-20-18-16-14-12-10-8-6-4-2/h12,14,18,20,60,64,69-70,74-75H,3-11,13,15-17,19,21-59,61-63,65-68H2,1-2H3,(H,73,76)/b14-12-,20-18-,64-60+. The Kier molecular flexibility index (Phi) is 65.9. The van der Waals surface area contributed by atoms with Crippen molar-refractivity contribution in [1.29, 1.82) is 0 Å². The van der Waals surface area contributed by atoms with Gasteiger partial charge in [-0.3, -0.25) is 9.59 Å². The first-order chi connectivity index (χ1) is 38.5. The summed E-state index contributed by atoms with van der Waals surface area (Å²) in [5, 5.41) is 23.2. The molecule has 0 aliphatic carbocycles. The summed E-state index contributed by atoms with van der Waals surface area (Å²) in [6.45, 7) is 4.91. The fourth-order valence-electron chi connectivity index (χ4n) is 11.0. The number of allylic oxidation sites excluding steroid dienone is 5. The molecule has 78 heavy (non-hydrogen) atoms. The van der Waals surface area contributed by atoms with Crippen LogP contribution in [0.1, 0.15) is 386 Å². The Morgan fingerprint density at radius 1 is 0.359 bits per heavy atom. The fourth-order valence-corrected chi connectivity index (χ4v) is 11.0. The van der Waals surface area contributed by atoms with E-state index in [1.807, 2.05) is 6.08 Å². The van der Waals surface area contributed by atoms with E-state index in [9.17, 15) is 19.8 Å². The van der Waals surface area contributed by atoms with E-state index in [1.165, 1.54) is 308 Å². The molecule has 6 heteroatoms. The molecule has 0 spiro atoms. The van der Waals surface area contributed by atoms with Crippen molar-refractivity contribution in [3.63, 3.8) is 0 Å². The molecule has 2 atom stereocenters. The van der Waals surface area contributed by atoms with Crippen LogP contribution in [0.5, 0.6) is 0 Å². The van der Waals surface area contributed by atoms with Crippen LogP contribution in [0.4, 0.5) is 0 Å². The molecule has 0 radical (unpaired) electrons. The smallest absolute Gasteiger partial charge is 0.305 e. The molecule has 0 aromatic carbocycles. The number of aliphatic hydroxyl groups excluding tert-OH is 2. The second kappa shape index (κ2) is 67.6. The van der Waals surface area contributed by atoms with Crippen molar-refractivity contribution in [1.82, 2.24) is 5.32 Å². The van der Waals surface area contributed by atoms with Crippen molar-refractivity contribution in [2.24, 2.45) is 0 Å². The molecular weight excluding hydrogens is 959 g/mol. The highest BCUT2D eigenvalue weighted by Crippen LogP contribution is 2.19. The summed E-state index contributed by atoms with van der Waals surface area (Å²) >= 11 is 0. The Bertz CT molecular complexity index is 1260.